The zero-order valence-corrected chi connectivity index (χ0v) is 24.5. The summed E-state index contributed by atoms with van der Waals surface area (Å²) >= 11 is 0. The third-order valence-electron chi connectivity index (χ3n) is 8.66. The summed E-state index contributed by atoms with van der Waals surface area (Å²) in [7, 11) is 0. The van der Waals surface area contributed by atoms with Crippen LogP contribution in [0.15, 0.2) is 61.2 Å². The van der Waals surface area contributed by atoms with Crippen LogP contribution in [-0.4, -0.2) is 0 Å². The van der Waals surface area contributed by atoms with Gasteiger partial charge in [0.1, 0.15) is 0 Å². The van der Waals surface area contributed by atoms with Crippen LogP contribution in [-0.2, 0) is 12.8 Å². The molecule has 0 heterocycles. The van der Waals surface area contributed by atoms with Gasteiger partial charge in [0, 0.05) is 11.1 Å². The normalized spacial score (nSPS) is 17.1. The van der Waals surface area contributed by atoms with Gasteiger partial charge < -0.3 is 0 Å². The van der Waals surface area contributed by atoms with Crippen molar-refractivity contribution in [1.82, 2.24) is 0 Å². The second kappa shape index (κ2) is 18.9. The van der Waals surface area contributed by atoms with E-state index in [1.165, 1.54) is 120 Å². The summed E-state index contributed by atoms with van der Waals surface area (Å²) in [6, 6.07) is 17.8. The van der Waals surface area contributed by atoms with Crippen molar-refractivity contribution in [3.8, 4) is 11.8 Å². The number of benzene rings is 2. The molecule has 1 aliphatic rings. The predicted molar refractivity (Wildman–Crippen MR) is 168 cm³/mol. The predicted octanol–water partition coefficient (Wildman–Crippen LogP) is 11.3. The first-order chi connectivity index (χ1) is 18.8. The van der Waals surface area contributed by atoms with E-state index < -0.39 is 0 Å². The lowest BCUT2D eigenvalue weighted by molar-refractivity contribution is 0.248. The summed E-state index contributed by atoms with van der Waals surface area (Å²) in [5.41, 5.74) is 5.11. The molecule has 1 fully saturated rings. The molecule has 0 atom stereocenters. The van der Waals surface area contributed by atoms with Gasteiger partial charge >= 0.3 is 0 Å². The fourth-order valence-corrected chi connectivity index (χ4v) is 6.02. The molecule has 0 aromatic heterocycles. The van der Waals surface area contributed by atoms with E-state index in [9.17, 15) is 0 Å². The highest BCUT2D eigenvalue weighted by atomic mass is 14.3. The molecule has 1 saturated carbocycles. The molecular weight excluding hydrogens is 456 g/mol. The molecule has 0 aliphatic heterocycles. The molecule has 0 amide bonds. The monoisotopic (exact) mass is 510 g/mol. The van der Waals surface area contributed by atoms with Crippen LogP contribution in [0.1, 0.15) is 138 Å². The summed E-state index contributed by atoms with van der Waals surface area (Å²) < 4.78 is 0. The highest BCUT2D eigenvalue weighted by Gasteiger charge is 2.20. The molecule has 0 heteroatoms. The average Bonchev–Trinajstić information content (AvgIpc) is 2.96. The van der Waals surface area contributed by atoms with Gasteiger partial charge in [-0.3, -0.25) is 0 Å². The smallest absolute Gasteiger partial charge is 0.0249 e. The number of unbranched alkanes of at least 4 members (excludes halogenated alkanes) is 9. The van der Waals surface area contributed by atoms with Crippen molar-refractivity contribution in [3.05, 3.63) is 83.4 Å². The van der Waals surface area contributed by atoms with E-state index in [1.54, 1.807) is 0 Å². The molecule has 0 radical (unpaired) electrons. The maximum absolute atomic E-state index is 3.80. The molecule has 0 nitrogen and oxygen atoms in total. The van der Waals surface area contributed by atoms with E-state index in [2.05, 4.69) is 73.9 Å². The van der Waals surface area contributed by atoms with Crippen LogP contribution in [0.3, 0.4) is 0 Å². The molecule has 0 N–H and O–H groups in total. The summed E-state index contributed by atoms with van der Waals surface area (Å²) in [5, 5.41) is 0. The van der Waals surface area contributed by atoms with E-state index in [1.807, 2.05) is 6.08 Å². The first kappa shape index (κ1) is 30.3. The van der Waals surface area contributed by atoms with E-state index in [-0.39, 0.29) is 0 Å². The third kappa shape index (κ3) is 12.5. The van der Waals surface area contributed by atoms with Gasteiger partial charge in [-0.15, -0.1) is 6.58 Å². The highest BCUT2D eigenvalue weighted by Crippen LogP contribution is 2.34. The molecule has 0 saturated heterocycles. The lowest BCUT2D eigenvalue weighted by Crippen LogP contribution is -2.15. The van der Waals surface area contributed by atoms with Crippen LogP contribution in [0.4, 0.5) is 0 Å². The van der Waals surface area contributed by atoms with Crippen LogP contribution in [0.25, 0.3) is 0 Å². The Bertz CT molecular complexity index is 928. The standard InChI is InChI=1S/C38H54/c1-3-5-7-9-10-12-14-16-34-19-23-36(24-20-34)26-28-38-31-29-37(30-32-38)27-25-35-21-17-33(18-22-35)15-13-11-8-6-4-2/h4,17-18,21-22,29-32,34,36H,2-3,5-16,19-20,23-24,26,28H2,1H3. The maximum Gasteiger partial charge on any atom is 0.0249 e. The molecule has 3 rings (SSSR count). The van der Waals surface area contributed by atoms with Crippen molar-refractivity contribution in [2.24, 2.45) is 11.8 Å². The minimum absolute atomic E-state index is 0.940. The zero-order valence-electron chi connectivity index (χ0n) is 24.5. The van der Waals surface area contributed by atoms with Gasteiger partial charge in [0.15, 0.2) is 0 Å². The number of rotatable bonds is 17. The summed E-state index contributed by atoms with van der Waals surface area (Å²) in [4.78, 5) is 0. The molecule has 206 valence electrons. The lowest BCUT2D eigenvalue weighted by Gasteiger charge is -2.28. The fraction of sp³-hybridized carbons (Fsp3) is 0.579. The van der Waals surface area contributed by atoms with Crippen molar-refractivity contribution in [2.45, 2.75) is 129 Å². The Morgan fingerprint density at radius 2 is 1.11 bits per heavy atom. The van der Waals surface area contributed by atoms with Crippen LogP contribution < -0.4 is 0 Å². The van der Waals surface area contributed by atoms with Gasteiger partial charge in [0.05, 0.1) is 0 Å². The van der Waals surface area contributed by atoms with Gasteiger partial charge in [0.2, 0.25) is 0 Å². The van der Waals surface area contributed by atoms with E-state index in [4.69, 9.17) is 0 Å². The molecule has 0 unspecified atom stereocenters. The van der Waals surface area contributed by atoms with Gasteiger partial charge in [-0.2, -0.15) is 0 Å². The summed E-state index contributed by atoms with van der Waals surface area (Å²) in [6.45, 7) is 6.10. The second-order valence-corrected chi connectivity index (χ2v) is 11.9. The van der Waals surface area contributed by atoms with Gasteiger partial charge in [0.25, 0.3) is 0 Å². The number of allylic oxidation sites excluding steroid dienone is 1. The highest BCUT2D eigenvalue weighted by molar-refractivity contribution is 5.44. The lowest BCUT2D eigenvalue weighted by atomic mass is 9.77. The Kier molecular flexibility index (Phi) is 15.1. The Morgan fingerprint density at radius 1 is 0.605 bits per heavy atom. The van der Waals surface area contributed by atoms with Crippen molar-refractivity contribution >= 4 is 0 Å². The fourth-order valence-electron chi connectivity index (χ4n) is 6.02. The molecule has 2 aromatic rings. The largest absolute Gasteiger partial charge is 0.103 e. The van der Waals surface area contributed by atoms with Crippen molar-refractivity contribution < 1.29 is 0 Å². The first-order valence-electron chi connectivity index (χ1n) is 16.1. The van der Waals surface area contributed by atoms with Crippen molar-refractivity contribution in [3.63, 3.8) is 0 Å². The van der Waals surface area contributed by atoms with Crippen LogP contribution >= 0.6 is 0 Å². The summed E-state index contributed by atoms with van der Waals surface area (Å²) in [5.74, 6) is 8.66. The molecule has 2 aromatic carbocycles. The molecule has 0 bridgehead atoms. The summed E-state index contributed by atoms with van der Waals surface area (Å²) in [6.07, 6.45) is 28.1. The van der Waals surface area contributed by atoms with Crippen LogP contribution in [0.5, 0.6) is 0 Å². The van der Waals surface area contributed by atoms with Crippen molar-refractivity contribution in [1.29, 1.82) is 0 Å². The third-order valence-corrected chi connectivity index (χ3v) is 8.66. The Balaban J connectivity index is 1.29. The van der Waals surface area contributed by atoms with Crippen LogP contribution in [0.2, 0.25) is 0 Å². The minimum Gasteiger partial charge on any atom is -0.103 e. The first-order valence-corrected chi connectivity index (χ1v) is 16.1. The van der Waals surface area contributed by atoms with Gasteiger partial charge in [-0.05, 0) is 85.8 Å². The Labute approximate surface area is 235 Å². The zero-order chi connectivity index (χ0) is 26.7. The second-order valence-electron chi connectivity index (χ2n) is 11.9. The molecule has 0 spiro atoms. The maximum atomic E-state index is 3.80. The molecule has 38 heavy (non-hydrogen) atoms. The minimum atomic E-state index is 0.940. The number of aryl methyl sites for hydroxylation is 2. The average molecular weight is 511 g/mol. The molecule has 1 aliphatic carbocycles. The van der Waals surface area contributed by atoms with Crippen LogP contribution in [0, 0.1) is 23.7 Å². The van der Waals surface area contributed by atoms with E-state index in [0.717, 1.165) is 35.8 Å². The Morgan fingerprint density at radius 3 is 1.68 bits per heavy atom. The van der Waals surface area contributed by atoms with E-state index in [0.29, 0.717) is 0 Å². The quantitative estimate of drug-likeness (QED) is 0.113. The van der Waals surface area contributed by atoms with E-state index >= 15 is 0 Å². The number of hydrogen-bond acceptors (Lipinski definition) is 0. The van der Waals surface area contributed by atoms with Gasteiger partial charge in [-0.1, -0.05) is 133 Å². The topological polar surface area (TPSA) is 0 Å². The van der Waals surface area contributed by atoms with Gasteiger partial charge in [-0.25, -0.2) is 0 Å². The molecular formula is C38H54. The Hall–Kier alpha value is -2.26. The van der Waals surface area contributed by atoms with Crippen molar-refractivity contribution in [2.75, 3.05) is 0 Å². The number of hydrogen-bond donors (Lipinski definition) is 0. The SMILES string of the molecule is C=CCCCCCc1ccc(C#Cc2ccc(CCC3CCC(CCCCCCCCC)CC3)cc2)cc1.